The number of quaternary nitrogens is 1. The molecule has 1 aliphatic heterocycles. The molecule has 0 unspecified atom stereocenters. The number of likely N-dealkylation sites (N-methyl/N-ethyl adjacent to an activating group) is 1. The van der Waals surface area contributed by atoms with Crippen molar-refractivity contribution in [1.29, 1.82) is 0 Å². The molecule has 1 aromatic carbocycles. The normalized spacial score (nSPS) is 15.5. The molecular weight excluding hydrogens is 380 g/mol. The van der Waals surface area contributed by atoms with Crippen molar-refractivity contribution in [2.75, 3.05) is 33.2 Å². The molecule has 1 aliphatic rings. The van der Waals surface area contributed by atoms with E-state index in [-0.39, 0.29) is 17.4 Å². The third-order valence-corrected chi connectivity index (χ3v) is 5.59. The van der Waals surface area contributed by atoms with Crippen LogP contribution in [0.15, 0.2) is 59.0 Å². The van der Waals surface area contributed by atoms with E-state index in [0.29, 0.717) is 13.1 Å². The summed E-state index contributed by atoms with van der Waals surface area (Å²) in [6.07, 6.45) is 5.24. The molecule has 7 nitrogen and oxygen atoms in total. The number of amides is 2. The van der Waals surface area contributed by atoms with Gasteiger partial charge in [0.15, 0.2) is 5.76 Å². The molecule has 2 aromatic heterocycles. The molecule has 2 amide bonds. The number of hydrogen-bond acceptors (Lipinski definition) is 3. The lowest BCUT2D eigenvalue weighted by Crippen LogP contribution is -3.12. The number of benzene rings is 1. The van der Waals surface area contributed by atoms with Crippen molar-refractivity contribution >= 4 is 28.8 Å². The predicted molar refractivity (Wildman–Crippen MR) is 115 cm³/mol. The van der Waals surface area contributed by atoms with Gasteiger partial charge in [-0.1, -0.05) is 18.2 Å². The number of hydrogen-bond donors (Lipinski definition) is 2. The maximum absolute atomic E-state index is 13.3. The van der Waals surface area contributed by atoms with Crippen LogP contribution in [0.2, 0.25) is 0 Å². The number of aryl methyl sites for hydroxylation is 1. The Labute approximate surface area is 175 Å². The summed E-state index contributed by atoms with van der Waals surface area (Å²) >= 11 is 0. The third kappa shape index (κ3) is 4.02. The molecule has 3 heterocycles. The van der Waals surface area contributed by atoms with Crippen LogP contribution < -0.4 is 10.2 Å². The fourth-order valence-electron chi connectivity index (χ4n) is 3.81. The van der Waals surface area contributed by atoms with Gasteiger partial charge in [-0.05, 0) is 31.2 Å². The van der Waals surface area contributed by atoms with Crippen LogP contribution in [-0.2, 0) is 11.3 Å². The molecule has 4 rings (SSSR count). The second kappa shape index (κ2) is 8.59. The van der Waals surface area contributed by atoms with E-state index in [1.54, 1.807) is 23.1 Å². The highest BCUT2D eigenvalue weighted by Crippen LogP contribution is 2.24. The van der Waals surface area contributed by atoms with Crippen molar-refractivity contribution in [3.8, 4) is 0 Å². The average molecular weight is 407 g/mol. The van der Waals surface area contributed by atoms with Crippen LogP contribution in [0.4, 0.5) is 0 Å². The summed E-state index contributed by atoms with van der Waals surface area (Å²) in [6, 6.07) is 11.3. The van der Waals surface area contributed by atoms with Gasteiger partial charge in [0, 0.05) is 29.2 Å². The van der Waals surface area contributed by atoms with E-state index in [0.717, 1.165) is 36.1 Å². The predicted octanol–water partition coefficient (Wildman–Crippen LogP) is 1.38. The lowest BCUT2D eigenvalue weighted by atomic mass is 10.1. The molecule has 0 radical (unpaired) electrons. The second-order valence-corrected chi connectivity index (χ2v) is 7.63. The zero-order valence-corrected chi connectivity index (χ0v) is 17.4. The summed E-state index contributed by atoms with van der Waals surface area (Å²) in [4.78, 5) is 29.2. The zero-order valence-electron chi connectivity index (χ0n) is 17.4. The Morgan fingerprint density at radius 2 is 1.93 bits per heavy atom. The number of carbonyl (C=O) groups is 2. The van der Waals surface area contributed by atoms with Crippen molar-refractivity contribution in [1.82, 2.24) is 14.8 Å². The number of carbonyl (C=O) groups excluding carboxylic acids is 2. The Morgan fingerprint density at radius 3 is 2.63 bits per heavy atom. The minimum Gasteiger partial charge on any atom is -0.459 e. The number of fused-ring (bicyclic) bond motifs is 1. The monoisotopic (exact) mass is 407 g/mol. The first-order valence-electron chi connectivity index (χ1n) is 10.3. The van der Waals surface area contributed by atoms with Gasteiger partial charge in [0.1, 0.15) is 5.70 Å². The fraction of sp³-hybridized carbons (Fsp3) is 0.304. The van der Waals surface area contributed by atoms with Gasteiger partial charge >= 0.3 is 0 Å². The number of rotatable bonds is 5. The van der Waals surface area contributed by atoms with Crippen LogP contribution in [0, 0.1) is 0 Å². The largest absolute Gasteiger partial charge is 0.459 e. The molecule has 2 N–H and O–H groups in total. The number of aromatic nitrogens is 1. The molecule has 1 fully saturated rings. The summed E-state index contributed by atoms with van der Waals surface area (Å²) in [7, 11) is 2.12. The number of nitrogens with one attached hydrogen (secondary N) is 2. The minimum absolute atomic E-state index is 0.171. The van der Waals surface area contributed by atoms with Gasteiger partial charge in [-0.2, -0.15) is 0 Å². The standard InChI is InChI=1S/C23H26N4O3/c1-3-26-16-17(18-7-4-5-8-20(18)26)15-19(24-22(28)21-9-6-14-30-21)23(29)27-12-10-25(2)11-13-27/h4-9,14-16H,3,10-13H2,1-2H3,(H,24,28)/p+1/b19-15-. The lowest BCUT2D eigenvalue weighted by Gasteiger charge is -2.30. The Balaban J connectivity index is 1.71. The first kappa shape index (κ1) is 20.0. The summed E-state index contributed by atoms with van der Waals surface area (Å²) in [5.41, 5.74) is 2.25. The topological polar surface area (TPSA) is 71.9 Å². The SMILES string of the molecule is CCn1cc(/C=C(\NC(=O)c2ccco2)C(=O)N2CC[NH+](C)CC2)c2ccccc21. The quantitative estimate of drug-likeness (QED) is 0.628. The first-order valence-corrected chi connectivity index (χ1v) is 10.3. The highest BCUT2D eigenvalue weighted by Gasteiger charge is 2.26. The third-order valence-electron chi connectivity index (χ3n) is 5.59. The van der Waals surface area contributed by atoms with E-state index in [9.17, 15) is 9.59 Å². The van der Waals surface area contributed by atoms with Gasteiger partial charge in [-0.15, -0.1) is 0 Å². The number of nitrogens with zero attached hydrogens (tertiary/aromatic N) is 2. The molecular formula is C23H27N4O3+. The average Bonchev–Trinajstić information content (AvgIpc) is 3.42. The second-order valence-electron chi connectivity index (χ2n) is 7.63. The van der Waals surface area contributed by atoms with E-state index in [4.69, 9.17) is 4.42 Å². The van der Waals surface area contributed by atoms with E-state index >= 15 is 0 Å². The molecule has 3 aromatic rings. The zero-order chi connectivity index (χ0) is 21.1. The smallest absolute Gasteiger partial charge is 0.291 e. The van der Waals surface area contributed by atoms with Crippen molar-refractivity contribution in [2.45, 2.75) is 13.5 Å². The molecule has 0 aliphatic carbocycles. The maximum Gasteiger partial charge on any atom is 0.291 e. The van der Waals surface area contributed by atoms with Crippen LogP contribution >= 0.6 is 0 Å². The number of piperazine rings is 1. The van der Waals surface area contributed by atoms with E-state index < -0.39 is 5.91 Å². The van der Waals surface area contributed by atoms with Crippen LogP contribution in [0.25, 0.3) is 17.0 Å². The van der Waals surface area contributed by atoms with Gasteiger partial charge in [0.25, 0.3) is 11.8 Å². The summed E-state index contributed by atoms with van der Waals surface area (Å²) in [6.45, 7) is 6.00. The van der Waals surface area contributed by atoms with Crippen LogP contribution in [0.5, 0.6) is 0 Å². The van der Waals surface area contributed by atoms with Gasteiger partial charge in [0.2, 0.25) is 0 Å². The van der Waals surface area contributed by atoms with Crippen LogP contribution in [0.3, 0.4) is 0 Å². The number of para-hydroxylation sites is 1. The Kier molecular flexibility index (Phi) is 5.72. The van der Waals surface area contributed by atoms with Crippen LogP contribution in [0.1, 0.15) is 23.0 Å². The molecule has 7 heteroatoms. The van der Waals surface area contributed by atoms with Gasteiger partial charge in [-0.3, -0.25) is 9.59 Å². The minimum atomic E-state index is -0.432. The highest BCUT2D eigenvalue weighted by atomic mass is 16.3. The first-order chi connectivity index (χ1) is 14.6. The van der Waals surface area contributed by atoms with E-state index in [1.165, 1.54) is 11.2 Å². The van der Waals surface area contributed by atoms with E-state index in [2.05, 4.69) is 29.9 Å². The van der Waals surface area contributed by atoms with Crippen molar-refractivity contribution in [2.24, 2.45) is 0 Å². The van der Waals surface area contributed by atoms with E-state index in [1.807, 2.05) is 24.4 Å². The summed E-state index contributed by atoms with van der Waals surface area (Å²) < 4.78 is 7.34. The fourth-order valence-corrected chi connectivity index (χ4v) is 3.81. The maximum atomic E-state index is 13.3. The lowest BCUT2D eigenvalue weighted by molar-refractivity contribution is -0.883. The summed E-state index contributed by atoms with van der Waals surface area (Å²) in [5.74, 6) is -0.429. The van der Waals surface area contributed by atoms with Crippen molar-refractivity contribution in [3.63, 3.8) is 0 Å². The van der Waals surface area contributed by atoms with Gasteiger partial charge < -0.3 is 24.1 Å². The molecule has 30 heavy (non-hydrogen) atoms. The molecule has 156 valence electrons. The van der Waals surface area contributed by atoms with Gasteiger partial charge in [-0.25, -0.2) is 0 Å². The highest BCUT2D eigenvalue weighted by molar-refractivity contribution is 6.05. The van der Waals surface area contributed by atoms with Crippen LogP contribution in [-0.4, -0.2) is 54.5 Å². The Bertz CT molecular complexity index is 1070. The molecule has 0 atom stereocenters. The molecule has 1 saturated heterocycles. The van der Waals surface area contributed by atoms with Gasteiger partial charge in [0.05, 0.1) is 39.5 Å². The van der Waals surface area contributed by atoms with Crippen molar-refractivity contribution in [3.05, 3.63) is 65.9 Å². The molecule has 0 bridgehead atoms. The summed E-state index contributed by atoms with van der Waals surface area (Å²) in [5, 5.41) is 3.83. The van der Waals surface area contributed by atoms with Crippen molar-refractivity contribution < 1.29 is 18.9 Å². The molecule has 0 spiro atoms. The number of furan rings is 1. The Morgan fingerprint density at radius 1 is 1.17 bits per heavy atom. The Hall–Kier alpha value is -3.32. The molecule has 0 saturated carbocycles.